The molecule has 460 valence electrons. The number of benzene rings is 5. The lowest BCUT2D eigenvalue weighted by Crippen LogP contribution is -2.52. The number of ether oxygens (including phenoxy) is 6. The van der Waals surface area contributed by atoms with Crippen molar-refractivity contribution in [2.75, 3.05) is 34.0 Å². The van der Waals surface area contributed by atoms with Gasteiger partial charge in [-0.15, -0.1) is 0 Å². The van der Waals surface area contributed by atoms with Gasteiger partial charge in [0, 0.05) is 36.3 Å². The molecule has 0 radical (unpaired) electrons. The molecule has 3 amide bonds. The number of carbonyl (C=O) groups is 6. The zero-order valence-electron chi connectivity index (χ0n) is 52.2. The fourth-order valence-electron chi connectivity index (χ4n) is 10.1. The van der Waals surface area contributed by atoms with Crippen molar-refractivity contribution in [3.05, 3.63) is 142 Å². The summed E-state index contributed by atoms with van der Waals surface area (Å²) in [6.07, 6.45) is 4.29. The van der Waals surface area contributed by atoms with Crippen LogP contribution in [0.5, 0.6) is 23.0 Å². The van der Waals surface area contributed by atoms with Crippen molar-refractivity contribution >= 4 is 35.3 Å². The van der Waals surface area contributed by atoms with Crippen molar-refractivity contribution in [2.45, 2.75) is 175 Å². The number of methoxy groups -OCH3 is 2. The highest BCUT2D eigenvalue weighted by molar-refractivity contribution is 5.97. The second-order valence-electron chi connectivity index (χ2n) is 24.0. The van der Waals surface area contributed by atoms with E-state index in [1.54, 1.807) is 64.3 Å². The molecule has 0 heterocycles. The highest BCUT2D eigenvalue weighted by Gasteiger charge is 2.35. The summed E-state index contributed by atoms with van der Waals surface area (Å²) >= 11 is 0. The van der Waals surface area contributed by atoms with Gasteiger partial charge < -0.3 is 50.5 Å². The number of unbranched alkanes of at least 4 members (excludes halogenated alkanes) is 2. The fraction of sp³-hybridized carbons (Fsp3) is 0.478. The molecule has 5 aromatic carbocycles. The zero-order valence-corrected chi connectivity index (χ0v) is 52.2. The first-order valence-corrected chi connectivity index (χ1v) is 29.7. The average molecular weight is 1170 g/mol. The molecule has 0 aliphatic rings. The summed E-state index contributed by atoms with van der Waals surface area (Å²) in [5, 5.41) is 5.83. The number of primary amides is 1. The second kappa shape index (κ2) is 32.6. The zero-order chi connectivity index (χ0) is 62.4. The van der Waals surface area contributed by atoms with Gasteiger partial charge in [-0.2, -0.15) is 0 Å². The smallest absolute Gasteiger partial charge is 0.308 e. The van der Waals surface area contributed by atoms with Crippen LogP contribution in [0, 0.1) is 19.8 Å². The lowest BCUT2D eigenvalue weighted by molar-refractivity contribution is -0.156. The van der Waals surface area contributed by atoms with E-state index >= 15 is 9.59 Å². The van der Waals surface area contributed by atoms with Crippen molar-refractivity contribution in [3.8, 4) is 34.1 Å². The number of aryl methyl sites for hydroxylation is 4. The number of hydrogen-bond acceptors (Lipinski definition) is 13. The molecule has 0 aromatic heterocycles. The van der Waals surface area contributed by atoms with Gasteiger partial charge in [0.2, 0.25) is 11.8 Å². The number of hydrogen-bond donors (Lipinski definition) is 4. The molecule has 1 unspecified atom stereocenters. The summed E-state index contributed by atoms with van der Waals surface area (Å²) < 4.78 is 34.5. The van der Waals surface area contributed by atoms with E-state index in [4.69, 9.17) is 39.9 Å². The van der Waals surface area contributed by atoms with E-state index in [9.17, 15) is 19.2 Å². The molecule has 85 heavy (non-hydrogen) atoms. The van der Waals surface area contributed by atoms with Gasteiger partial charge in [0.25, 0.3) is 5.91 Å². The lowest BCUT2D eigenvalue weighted by Gasteiger charge is -2.27. The van der Waals surface area contributed by atoms with Gasteiger partial charge in [0.15, 0.2) is 18.2 Å². The van der Waals surface area contributed by atoms with Crippen LogP contribution >= 0.6 is 0 Å². The topological polar surface area (TPSA) is 234 Å². The summed E-state index contributed by atoms with van der Waals surface area (Å²) in [7, 11) is 3.08. The molecular weight excluding hydrogens is 1080 g/mol. The van der Waals surface area contributed by atoms with Crippen LogP contribution in [0.3, 0.4) is 0 Å². The summed E-state index contributed by atoms with van der Waals surface area (Å²) in [5.41, 5.74) is 18.6. The monoisotopic (exact) mass is 1170 g/mol. The normalized spacial score (nSPS) is 13.3. The van der Waals surface area contributed by atoms with Gasteiger partial charge in [-0.3, -0.25) is 28.8 Å². The Morgan fingerprint density at radius 1 is 0.624 bits per heavy atom. The summed E-state index contributed by atoms with van der Waals surface area (Å²) in [6, 6.07) is 28.9. The van der Waals surface area contributed by atoms with Crippen molar-refractivity contribution in [3.63, 3.8) is 0 Å². The summed E-state index contributed by atoms with van der Waals surface area (Å²) in [4.78, 5) is 84.5. The number of rotatable bonds is 34. The van der Waals surface area contributed by atoms with Crippen LogP contribution in [-0.4, -0.2) is 98.6 Å². The van der Waals surface area contributed by atoms with E-state index in [2.05, 4.69) is 54.8 Å². The van der Waals surface area contributed by atoms with E-state index in [0.29, 0.717) is 42.3 Å². The Balaban J connectivity index is 1.57. The quantitative estimate of drug-likeness (QED) is 0.0222. The second-order valence-corrected chi connectivity index (χ2v) is 24.0. The summed E-state index contributed by atoms with van der Waals surface area (Å²) in [5.74, 6) is -3.07. The third-order valence-corrected chi connectivity index (χ3v) is 14.4. The van der Waals surface area contributed by atoms with Crippen LogP contribution in [0.15, 0.2) is 103 Å². The third kappa shape index (κ3) is 22.8. The van der Waals surface area contributed by atoms with Gasteiger partial charge in [-0.25, -0.2) is 0 Å². The molecule has 0 fully saturated rings. The highest BCUT2D eigenvalue weighted by Crippen LogP contribution is 2.38. The minimum absolute atomic E-state index is 0.0500. The van der Waals surface area contributed by atoms with Crippen LogP contribution in [-0.2, 0) is 57.5 Å². The van der Waals surface area contributed by atoms with Crippen molar-refractivity contribution in [2.24, 2.45) is 17.4 Å². The fourth-order valence-corrected chi connectivity index (χ4v) is 10.1. The standard InChI is InChI=1S/C69H92N4O12/c1-13-15-16-32-82-54-29-30-55(48(14-2)37-54)49-22-20-46(21-23-49)36-51(38-61(74)60(41-65(77)85-69(8,9)10)73-67(79)58(70)42-84-68(5,6)7)66(78)72-59(19-17-18-47-34-44(3)33-45(4)35-47)62(75)40-57(56-31-28-53(80-11)39-63(56)81-12)50-24-26-52(27-25-50)83-43-64(71)76/h20-31,33-35,37,39,51,57-60H,13-19,32,36,38,40-43,70H2,1-12H3,(H2,71,76)(H,72,78)(H,73,79)/t51-,57?,58+,59+,60+/m1/s1. The van der Waals surface area contributed by atoms with Crippen LogP contribution in [0.1, 0.15) is 152 Å². The van der Waals surface area contributed by atoms with Crippen LogP contribution in [0.25, 0.3) is 11.1 Å². The predicted molar refractivity (Wildman–Crippen MR) is 332 cm³/mol. The van der Waals surface area contributed by atoms with Crippen molar-refractivity contribution in [1.29, 1.82) is 0 Å². The number of esters is 1. The van der Waals surface area contributed by atoms with E-state index in [-0.39, 0.29) is 38.3 Å². The maximum absolute atomic E-state index is 15.4. The first-order chi connectivity index (χ1) is 40.3. The van der Waals surface area contributed by atoms with Crippen molar-refractivity contribution in [1.82, 2.24) is 10.6 Å². The van der Waals surface area contributed by atoms with E-state index < -0.39 is 83.5 Å². The molecule has 0 bridgehead atoms. The molecule has 0 aliphatic carbocycles. The van der Waals surface area contributed by atoms with E-state index in [1.807, 2.05) is 71.0 Å². The number of amides is 3. The number of Topliss-reactive ketones (excluding diaryl/α,β-unsaturated/α-hetero) is 2. The molecule has 6 N–H and O–H groups in total. The van der Waals surface area contributed by atoms with Crippen LogP contribution in [0.2, 0.25) is 0 Å². The lowest BCUT2D eigenvalue weighted by atomic mass is 9.84. The van der Waals surface area contributed by atoms with Crippen LogP contribution < -0.4 is 41.0 Å². The SMILES string of the molecule is CCCCCOc1ccc(-c2ccc(C[C@H](CC(=O)[C@H](CC(=O)OC(C)(C)C)NC(=O)[C@@H](N)COC(C)(C)C)C(=O)N[C@@H](CCCc3cc(C)cc(C)c3)C(=O)CC(c3ccc(OCC(N)=O)cc3)c3ccc(OC)cc3OC)cc2)c(CC)c1. The Morgan fingerprint density at radius 3 is 1.88 bits per heavy atom. The first-order valence-electron chi connectivity index (χ1n) is 29.7. The molecule has 0 saturated carbocycles. The van der Waals surface area contributed by atoms with Gasteiger partial charge in [-0.1, -0.05) is 105 Å². The maximum atomic E-state index is 15.4. The van der Waals surface area contributed by atoms with Crippen LogP contribution in [0.4, 0.5) is 0 Å². The minimum Gasteiger partial charge on any atom is -0.497 e. The highest BCUT2D eigenvalue weighted by atomic mass is 16.6. The Bertz CT molecular complexity index is 3000. The maximum Gasteiger partial charge on any atom is 0.308 e. The van der Waals surface area contributed by atoms with Crippen molar-refractivity contribution < 1.29 is 57.2 Å². The van der Waals surface area contributed by atoms with E-state index in [1.165, 1.54) is 7.11 Å². The minimum atomic E-state index is -1.44. The molecule has 16 nitrogen and oxygen atoms in total. The molecule has 0 aliphatic heterocycles. The molecule has 5 rings (SSSR count). The molecule has 5 atom stereocenters. The Morgan fingerprint density at radius 2 is 1.27 bits per heavy atom. The Kier molecular flexibility index (Phi) is 26.2. The Hall–Kier alpha value is -7.56. The molecule has 0 saturated heterocycles. The largest absolute Gasteiger partial charge is 0.497 e. The molecule has 16 heteroatoms. The molecular formula is C69H92N4O12. The number of ketones is 2. The number of nitrogens with two attached hydrogens (primary N) is 2. The summed E-state index contributed by atoms with van der Waals surface area (Å²) in [6.45, 7) is 19.0. The number of nitrogens with one attached hydrogen (secondary N) is 2. The molecule has 5 aromatic rings. The first kappa shape index (κ1) is 68.2. The Labute approximate surface area is 503 Å². The van der Waals surface area contributed by atoms with Gasteiger partial charge in [-0.05, 0) is 158 Å². The predicted octanol–water partition coefficient (Wildman–Crippen LogP) is 10.8. The average Bonchev–Trinajstić information content (AvgIpc) is 3.60. The van der Waals surface area contributed by atoms with Gasteiger partial charge in [0.05, 0.1) is 51.5 Å². The molecule has 0 spiro atoms. The number of carbonyl (C=O) groups excluding carboxylic acids is 6. The third-order valence-electron chi connectivity index (χ3n) is 14.4. The van der Waals surface area contributed by atoms with E-state index in [0.717, 1.165) is 75.9 Å². The van der Waals surface area contributed by atoms with Gasteiger partial charge in [0.1, 0.15) is 34.6 Å². The van der Waals surface area contributed by atoms with Gasteiger partial charge >= 0.3 is 5.97 Å².